The van der Waals surface area contributed by atoms with E-state index in [1.807, 2.05) is 30.3 Å². The Morgan fingerprint density at radius 1 is 1.21 bits per heavy atom. The zero-order valence-electron chi connectivity index (χ0n) is 10.1. The summed E-state index contributed by atoms with van der Waals surface area (Å²) in [5, 5.41) is 0. The Kier molecular flexibility index (Phi) is 6.33. The van der Waals surface area contributed by atoms with Crippen LogP contribution in [0.2, 0.25) is 0 Å². The van der Waals surface area contributed by atoms with Crippen LogP contribution in [0, 0.1) is 0 Å². The SMILES string of the molecule is Cl.O=C(OCc1ccccc1)c1cnccc1CCl. The molecule has 0 fully saturated rings. The Labute approximate surface area is 123 Å². The fourth-order valence-electron chi connectivity index (χ4n) is 1.52. The van der Waals surface area contributed by atoms with Crippen molar-refractivity contribution in [2.45, 2.75) is 12.5 Å². The van der Waals surface area contributed by atoms with Crippen molar-refractivity contribution in [3.8, 4) is 0 Å². The van der Waals surface area contributed by atoms with Crippen molar-refractivity contribution in [2.24, 2.45) is 0 Å². The smallest absolute Gasteiger partial charge is 0.340 e. The number of rotatable bonds is 4. The van der Waals surface area contributed by atoms with Crippen LogP contribution < -0.4 is 0 Å². The van der Waals surface area contributed by atoms with E-state index in [1.54, 1.807) is 12.3 Å². The van der Waals surface area contributed by atoms with Crippen LogP contribution in [0.5, 0.6) is 0 Å². The standard InChI is InChI=1S/C14H12ClNO2.ClH/c15-8-12-6-7-16-9-13(12)14(17)18-10-11-4-2-1-3-5-11;/h1-7,9H,8,10H2;1H. The molecular weight excluding hydrogens is 285 g/mol. The van der Waals surface area contributed by atoms with Crippen LogP contribution in [0.25, 0.3) is 0 Å². The average molecular weight is 298 g/mol. The topological polar surface area (TPSA) is 39.2 Å². The van der Waals surface area contributed by atoms with Gasteiger partial charge >= 0.3 is 5.97 Å². The highest BCUT2D eigenvalue weighted by Crippen LogP contribution is 2.12. The summed E-state index contributed by atoms with van der Waals surface area (Å²) in [7, 11) is 0. The van der Waals surface area contributed by atoms with E-state index < -0.39 is 5.97 Å². The number of benzene rings is 1. The molecule has 0 atom stereocenters. The predicted molar refractivity (Wildman–Crippen MR) is 76.6 cm³/mol. The van der Waals surface area contributed by atoms with Gasteiger partial charge in [0.1, 0.15) is 6.61 Å². The molecule has 0 saturated heterocycles. The van der Waals surface area contributed by atoms with E-state index in [4.69, 9.17) is 16.3 Å². The quantitative estimate of drug-likeness (QED) is 0.639. The lowest BCUT2D eigenvalue weighted by molar-refractivity contribution is 0.0471. The maximum absolute atomic E-state index is 11.9. The summed E-state index contributed by atoms with van der Waals surface area (Å²) in [5.41, 5.74) is 2.09. The molecule has 0 aliphatic rings. The van der Waals surface area contributed by atoms with Crippen molar-refractivity contribution in [1.82, 2.24) is 4.98 Å². The van der Waals surface area contributed by atoms with E-state index in [1.165, 1.54) is 6.20 Å². The summed E-state index contributed by atoms with van der Waals surface area (Å²) in [4.78, 5) is 15.8. The van der Waals surface area contributed by atoms with Gasteiger partial charge in [0.25, 0.3) is 0 Å². The first-order chi connectivity index (χ1) is 8.81. The number of esters is 1. The predicted octanol–water partition coefficient (Wildman–Crippen LogP) is 3.60. The van der Waals surface area contributed by atoms with E-state index in [2.05, 4.69) is 4.98 Å². The lowest BCUT2D eigenvalue weighted by atomic mass is 10.1. The number of halogens is 2. The van der Waals surface area contributed by atoms with E-state index in [0.29, 0.717) is 5.56 Å². The van der Waals surface area contributed by atoms with E-state index in [9.17, 15) is 4.79 Å². The Bertz CT molecular complexity index is 532. The van der Waals surface area contributed by atoms with Crippen molar-refractivity contribution in [3.63, 3.8) is 0 Å². The fraction of sp³-hybridized carbons (Fsp3) is 0.143. The molecule has 1 heterocycles. The largest absolute Gasteiger partial charge is 0.457 e. The lowest BCUT2D eigenvalue weighted by Crippen LogP contribution is -2.08. The van der Waals surface area contributed by atoms with Gasteiger partial charge in [0.05, 0.1) is 5.56 Å². The van der Waals surface area contributed by atoms with Crippen LogP contribution >= 0.6 is 24.0 Å². The number of aromatic nitrogens is 1. The molecule has 0 unspecified atom stereocenters. The van der Waals surface area contributed by atoms with Crippen LogP contribution in [0.15, 0.2) is 48.8 Å². The van der Waals surface area contributed by atoms with Crippen LogP contribution in [0.3, 0.4) is 0 Å². The molecule has 2 rings (SSSR count). The van der Waals surface area contributed by atoms with Gasteiger partial charge < -0.3 is 4.74 Å². The summed E-state index contributed by atoms with van der Waals surface area (Å²) >= 11 is 5.76. The van der Waals surface area contributed by atoms with Crippen LogP contribution in [0.1, 0.15) is 21.5 Å². The Balaban J connectivity index is 0.00000180. The summed E-state index contributed by atoms with van der Waals surface area (Å²) in [6, 6.07) is 11.2. The molecule has 1 aromatic carbocycles. The summed E-state index contributed by atoms with van der Waals surface area (Å²) in [6.45, 7) is 0.246. The van der Waals surface area contributed by atoms with Gasteiger partial charge in [-0.1, -0.05) is 30.3 Å². The number of hydrogen-bond donors (Lipinski definition) is 0. The van der Waals surface area contributed by atoms with Gasteiger partial charge in [0, 0.05) is 18.3 Å². The molecule has 0 aliphatic carbocycles. The Morgan fingerprint density at radius 2 is 1.95 bits per heavy atom. The molecule has 3 nitrogen and oxygen atoms in total. The van der Waals surface area contributed by atoms with Gasteiger partial charge in [-0.2, -0.15) is 0 Å². The van der Waals surface area contributed by atoms with Crippen LogP contribution in [-0.2, 0) is 17.2 Å². The summed E-state index contributed by atoms with van der Waals surface area (Å²) in [5.74, 6) is -0.138. The molecule has 0 bridgehead atoms. The minimum absolute atomic E-state index is 0. The highest BCUT2D eigenvalue weighted by molar-refractivity contribution is 6.17. The minimum Gasteiger partial charge on any atom is -0.457 e. The first-order valence-corrected chi connectivity index (χ1v) is 6.04. The molecule has 19 heavy (non-hydrogen) atoms. The highest BCUT2D eigenvalue weighted by Gasteiger charge is 2.12. The summed E-state index contributed by atoms with van der Waals surface area (Å²) < 4.78 is 5.22. The number of carbonyl (C=O) groups is 1. The van der Waals surface area contributed by atoms with Gasteiger partial charge in [-0.25, -0.2) is 4.79 Å². The lowest BCUT2D eigenvalue weighted by Gasteiger charge is -2.07. The number of nitrogens with zero attached hydrogens (tertiary/aromatic N) is 1. The van der Waals surface area contributed by atoms with Crippen molar-refractivity contribution in [2.75, 3.05) is 0 Å². The monoisotopic (exact) mass is 297 g/mol. The van der Waals surface area contributed by atoms with Crippen LogP contribution in [-0.4, -0.2) is 11.0 Å². The van der Waals surface area contributed by atoms with E-state index in [-0.39, 0.29) is 24.9 Å². The average Bonchev–Trinajstić information content (AvgIpc) is 2.45. The Morgan fingerprint density at radius 3 is 2.63 bits per heavy atom. The van der Waals surface area contributed by atoms with Crippen molar-refractivity contribution in [3.05, 3.63) is 65.5 Å². The molecule has 0 saturated carbocycles. The molecule has 100 valence electrons. The third-order valence-corrected chi connectivity index (χ3v) is 2.78. The van der Waals surface area contributed by atoms with Gasteiger partial charge in [-0.05, 0) is 17.2 Å². The first kappa shape index (κ1) is 15.5. The molecule has 0 spiro atoms. The van der Waals surface area contributed by atoms with Crippen molar-refractivity contribution >= 4 is 30.0 Å². The second-order valence-corrected chi connectivity index (χ2v) is 4.00. The first-order valence-electron chi connectivity index (χ1n) is 5.51. The summed E-state index contributed by atoms with van der Waals surface area (Å²) in [6.07, 6.45) is 3.08. The molecule has 0 aliphatic heterocycles. The minimum atomic E-state index is -0.400. The highest BCUT2D eigenvalue weighted by atomic mass is 35.5. The van der Waals surface area contributed by atoms with Crippen molar-refractivity contribution < 1.29 is 9.53 Å². The van der Waals surface area contributed by atoms with Gasteiger partial charge in [-0.15, -0.1) is 24.0 Å². The van der Waals surface area contributed by atoms with Gasteiger partial charge in [-0.3, -0.25) is 4.98 Å². The van der Waals surface area contributed by atoms with Gasteiger partial charge in [0.15, 0.2) is 0 Å². The molecule has 2 aromatic rings. The molecule has 0 radical (unpaired) electrons. The van der Waals surface area contributed by atoms with Crippen molar-refractivity contribution in [1.29, 1.82) is 0 Å². The molecule has 1 aromatic heterocycles. The second-order valence-electron chi connectivity index (χ2n) is 3.73. The molecule has 0 N–H and O–H groups in total. The zero-order chi connectivity index (χ0) is 12.8. The third kappa shape index (κ3) is 4.23. The van der Waals surface area contributed by atoms with Gasteiger partial charge in [0.2, 0.25) is 0 Å². The third-order valence-electron chi connectivity index (χ3n) is 2.49. The second kappa shape index (κ2) is 7.77. The van der Waals surface area contributed by atoms with E-state index in [0.717, 1.165) is 11.1 Å². The number of pyridine rings is 1. The maximum atomic E-state index is 11.9. The Hall–Kier alpha value is -1.58. The number of hydrogen-bond acceptors (Lipinski definition) is 3. The molecular formula is C14H13Cl2NO2. The molecule has 0 amide bonds. The normalized spacial score (nSPS) is 9.53. The van der Waals surface area contributed by atoms with Crippen LogP contribution in [0.4, 0.5) is 0 Å². The van der Waals surface area contributed by atoms with E-state index >= 15 is 0 Å². The zero-order valence-corrected chi connectivity index (χ0v) is 11.7. The number of alkyl halides is 1. The maximum Gasteiger partial charge on any atom is 0.340 e. The number of ether oxygens (including phenoxy) is 1. The molecule has 5 heteroatoms. The number of carbonyl (C=O) groups excluding carboxylic acids is 1. The fourth-order valence-corrected chi connectivity index (χ4v) is 1.76.